The summed E-state index contributed by atoms with van der Waals surface area (Å²) in [6, 6.07) is 10.6. The Balaban J connectivity index is 2.24. The molecule has 116 valence electrons. The number of carbonyl (C=O) groups is 1. The summed E-state index contributed by atoms with van der Waals surface area (Å²) in [5.74, 6) is 0.498. The van der Waals surface area contributed by atoms with Crippen molar-refractivity contribution in [3.05, 3.63) is 53.1 Å². The summed E-state index contributed by atoms with van der Waals surface area (Å²) in [5.41, 5.74) is 3.26. The smallest absolute Gasteiger partial charge is 0.221 e. The zero-order valence-corrected chi connectivity index (χ0v) is 13.1. The average molecular weight is 299 g/mol. The second-order valence-electron chi connectivity index (χ2n) is 5.75. The highest BCUT2D eigenvalue weighted by molar-refractivity contribution is 5.88. The molecule has 4 nitrogen and oxygen atoms in total. The number of anilines is 1. The molecule has 0 aromatic heterocycles. The third kappa shape index (κ3) is 3.79. The second-order valence-corrected chi connectivity index (χ2v) is 5.75. The first-order valence-electron chi connectivity index (χ1n) is 7.28. The lowest BCUT2D eigenvalue weighted by Crippen LogP contribution is -2.05. The van der Waals surface area contributed by atoms with Gasteiger partial charge in [-0.05, 0) is 34.7 Å². The summed E-state index contributed by atoms with van der Waals surface area (Å²) < 4.78 is 0. The minimum Gasteiger partial charge on any atom is -0.508 e. The van der Waals surface area contributed by atoms with Crippen molar-refractivity contribution in [3.8, 4) is 11.5 Å². The van der Waals surface area contributed by atoms with E-state index in [9.17, 15) is 15.0 Å². The molecule has 4 heteroatoms. The Morgan fingerprint density at radius 3 is 2.41 bits per heavy atom. The number of amides is 1. The van der Waals surface area contributed by atoms with Gasteiger partial charge in [0, 0.05) is 25.1 Å². The van der Waals surface area contributed by atoms with Gasteiger partial charge in [0.1, 0.15) is 11.5 Å². The van der Waals surface area contributed by atoms with Gasteiger partial charge in [-0.25, -0.2) is 0 Å². The number of hydrogen-bond acceptors (Lipinski definition) is 3. The molecule has 0 saturated heterocycles. The van der Waals surface area contributed by atoms with Gasteiger partial charge in [0.2, 0.25) is 5.91 Å². The minimum atomic E-state index is -0.174. The van der Waals surface area contributed by atoms with E-state index in [-0.39, 0.29) is 17.6 Å². The van der Waals surface area contributed by atoms with E-state index < -0.39 is 0 Å². The highest BCUT2D eigenvalue weighted by atomic mass is 16.3. The van der Waals surface area contributed by atoms with Crippen LogP contribution in [0.3, 0.4) is 0 Å². The Morgan fingerprint density at radius 2 is 1.82 bits per heavy atom. The predicted molar refractivity (Wildman–Crippen MR) is 87.4 cm³/mol. The predicted octanol–water partition coefficient (Wildman–Crippen LogP) is 3.77. The molecule has 0 aliphatic rings. The molecule has 0 unspecified atom stereocenters. The quantitative estimate of drug-likeness (QED) is 0.805. The van der Waals surface area contributed by atoms with Crippen LogP contribution in [-0.4, -0.2) is 16.1 Å². The van der Waals surface area contributed by atoms with Crippen LogP contribution in [0, 0.1) is 0 Å². The van der Waals surface area contributed by atoms with Crippen molar-refractivity contribution in [3.63, 3.8) is 0 Å². The molecule has 0 atom stereocenters. The van der Waals surface area contributed by atoms with Crippen molar-refractivity contribution >= 4 is 11.6 Å². The molecule has 1 amide bonds. The lowest BCUT2D eigenvalue weighted by Gasteiger charge is -2.12. The maximum atomic E-state index is 11.0. The Hall–Kier alpha value is -2.49. The summed E-state index contributed by atoms with van der Waals surface area (Å²) in [6.07, 6.45) is 0.562. The van der Waals surface area contributed by atoms with Gasteiger partial charge in [-0.1, -0.05) is 32.0 Å². The summed E-state index contributed by atoms with van der Waals surface area (Å²) in [5, 5.41) is 22.6. The van der Waals surface area contributed by atoms with E-state index >= 15 is 0 Å². The fourth-order valence-corrected chi connectivity index (χ4v) is 2.39. The minimum absolute atomic E-state index is 0.144. The average Bonchev–Trinajstić information content (AvgIpc) is 2.43. The number of phenols is 2. The van der Waals surface area contributed by atoms with Crippen molar-refractivity contribution in [1.29, 1.82) is 0 Å². The van der Waals surface area contributed by atoms with E-state index in [1.54, 1.807) is 24.3 Å². The van der Waals surface area contributed by atoms with Gasteiger partial charge in [0.25, 0.3) is 0 Å². The maximum Gasteiger partial charge on any atom is 0.221 e. The molecule has 3 N–H and O–H groups in total. The molecule has 2 rings (SSSR count). The molecule has 0 fully saturated rings. The Bertz CT molecular complexity index is 693. The van der Waals surface area contributed by atoms with Gasteiger partial charge in [-0.15, -0.1) is 0 Å². The molecule has 0 radical (unpaired) electrons. The standard InChI is InChI=1S/C18H21NO3/c1-11(2)16-9-13(4-7-17(16)21)8-14-5-6-15(10-18(14)22)19-12(3)20/h4-7,9-11,21-22H,8H2,1-3H3,(H,19,20). The highest BCUT2D eigenvalue weighted by Gasteiger charge is 2.09. The largest absolute Gasteiger partial charge is 0.508 e. The third-order valence-corrected chi connectivity index (χ3v) is 3.51. The first kappa shape index (κ1) is 15.9. The van der Waals surface area contributed by atoms with Crippen LogP contribution in [0.2, 0.25) is 0 Å². The lowest BCUT2D eigenvalue weighted by molar-refractivity contribution is -0.114. The van der Waals surface area contributed by atoms with E-state index in [2.05, 4.69) is 5.32 Å². The van der Waals surface area contributed by atoms with Crippen molar-refractivity contribution in [2.45, 2.75) is 33.1 Å². The Labute approximate surface area is 130 Å². The summed E-state index contributed by atoms with van der Waals surface area (Å²) in [6.45, 7) is 5.48. The Kier molecular flexibility index (Phi) is 4.71. The number of rotatable bonds is 4. The van der Waals surface area contributed by atoms with Crippen molar-refractivity contribution in [1.82, 2.24) is 0 Å². The molecule has 2 aromatic rings. The molecule has 0 aliphatic heterocycles. The van der Waals surface area contributed by atoms with Gasteiger partial charge in [0.05, 0.1) is 0 Å². The van der Waals surface area contributed by atoms with E-state index in [0.29, 0.717) is 17.9 Å². The van der Waals surface area contributed by atoms with Crippen LogP contribution in [0.4, 0.5) is 5.69 Å². The zero-order chi connectivity index (χ0) is 16.3. The fraction of sp³-hybridized carbons (Fsp3) is 0.278. The number of carbonyl (C=O) groups excluding carboxylic acids is 1. The zero-order valence-electron chi connectivity index (χ0n) is 13.1. The van der Waals surface area contributed by atoms with Crippen molar-refractivity contribution in [2.24, 2.45) is 0 Å². The molecule has 22 heavy (non-hydrogen) atoms. The number of nitrogens with one attached hydrogen (secondary N) is 1. The Morgan fingerprint density at radius 1 is 1.09 bits per heavy atom. The molecular formula is C18H21NO3. The molecule has 0 aliphatic carbocycles. The molecule has 0 saturated carbocycles. The molecule has 0 bridgehead atoms. The third-order valence-electron chi connectivity index (χ3n) is 3.51. The van der Waals surface area contributed by atoms with Crippen molar-refractivity contribution < 1.29 is 15.0 Å². The van der Waals surface area contributed by atoms with Gasteiger partial charge >= 0.3 is 0 Å². The van der Waals surface area contributed by atoms with Crippen LogP contribution in [0.25, 0.3) is 0 Å². The number of phenolic OH excluding ortho intramolecular Hbond substituents is 2. The van der Waals surface area contributed by atoms with Gasteiger partial charge in [-0.3, -0.25) is 4.79 Å². The molecule has 0 heterocycles. The van der Waals surface area contributed by atoms with E-state index in [1.165, 1.54) is 6.92 Å². The first-order valence-corrected chi connectivity index (χ1v) is 7.28. The molecule has 0 spiro atoms. The van der Waals surface area contributed by atoms with Crippen molar-refractivity contribution in [2.75, 3.05) is 5.32 Å². The highest BCUT2D eigenvalue weighted by Crippen LogP contribution is 2.29. The monoisotopic (exact) mass is 299 g/mol. The summed E-state index contributed by atoms with van der Waals surface area (Å²) in [7, 11) is 0. The number of aromatic hydroxyl groups is 2. The van der Waals surface area contributed by atoms with Gasteiger partial charge in [-0.2, -0.15) is 0 Å². The fourth-order valence-electron chi connectivity index (χ4n) is 2.39. The van der Waals surface area contributed by atoms with Crippen LogP contribution in [0.15, 0.2) is 36.4 Å². The lowest BCUT2D eigenvalue weighted by atomic mass is 9.96. The maximum absolute atomic E-state index is 11.0. The summed E-state index contributed by atoms with van der Waals surface area (Å²) >= 11 is 0. The van der Waals surface area contributed by atoms with Crippen LogP contribution in [0.5, 0.6) is 11.5 Å². The van der Waals surface area contributed by atoms with Crippen LogP contribution < -0.4 is 5.32 Å². The van der Waals surface area contributed by atoms with Crippen LogP contribution in [-0.2, 0) is 11.2 Å². The van der Waals surface area contributed by atoms with E-state index in [0.717, 1.165) is 16.7 Å². The molecular weight excluding hydrogens is 278 g/mol. The number of benzene rings is 2. The van der Waals surface area contributed by atoms with Crippen LogP contribution in [0.1, 0.15) is 43.4 Å². The van der Waals surface area contributed by atoms with E-state index in [4.69, 9.17) is 0 Å². The SMILES string of the molecule is CC(=O)Nc1ccc(Cc2ccc(O)c(C(C)C)c2)c(O)c1. The van der Waals surface area contributed by atoms with E-state index in [1.807, 2.05) is 26.0 Å². The summed E-state index contributed by atoms with van der Waals surface area (Å²) in [4.78, 5) is 11.0. The molecule has 2 aromatic carbocycles. The second kappa shape index (κ2) is 6.52. The first-order chi connectivity index (χ1) is 10.4. The van der Waals surface area contributed by atoms with Gasteiger partial charge < -0.3 is 15.5 Å². The number of hydrogen-bond donors (Lipinski definition) is 3. The normalized spacial score (nSPS) is 10.7. The van der Waals surface area contributed by atoms with Crippen LogP contribution >= 0.6 is 0 Å². The van der Waals surface area contributed by atoms with Gasteiger partial charge in [0.15, 0.2) is 0 Å². The topological polar surface area (TPSA) is 69.6 Å².